The number of nitrogens with one attached hydrogen (secondary N) is 2. The van der Waals surface area contributed by atoms with Crippen molar-refractivity contribution in [1.29, 1.82) is 0 Å². The number of methoxy groups -OCH3 is 1. The van der Waals surface area contributed by atoms with Crippen LogP contribution in [0.4, 0.5) is 0 Å². The SMILES string of the molecule is CCCC(=O)N([C@@H](C)CC)[C@@H](C)c1ncc(-c2ccc3c(c2)COc2cc4c(ccc5[nH]c([C@@H]6CC[C@H](C(C)OC)N6C(=O)CCC)nc54)cc2-3)[nH]1. The quantitative estimate of drug-likeness (QED) is 0.134. The number of likely N-dealkylation sites (tertiary alicyclic amines) is 1. The molecule has 1 unspecified atom stereocenters. The number of ether oxygens (including phenoxy) is 2. The van der Waals surface area contributed by atoms with Gasteiger partial charge in [-0.1, -0.05) is 39.0 Å². The van der Waals surface area contributed by atoms with E-state index in [9.17, 15) is 9.59 Å². The summed E-state index contributed by atoms with van der Waals surface area (Å²) in [7, 11) is 1.71. The van der Waals surface area contributed by atoms with Crippen LogP contribution in [0, 0.1) is 0 Å². The van der Waals surface area contributed by atoms with Crippen LogP contribution in [0.15, 0.2) is 48.7 Å². The van der Waals surface area contributed by atoms with E-state index in [0.29, 0.717) is 19.4 Å². The van der Waals surface area contributed by atoms with Crippen molar-refractivity contribution < 1.29 is 19.1 Å². The van der Waals surface area contributed by atoms with Gasteiger partial charge in [-0.15, -0.1) is 0 Å². The molecule has 2 aliphatic heterocycles. The summed E-state index contributed by atoms with van der Waals surface area (Å²) in [5.41, 5.74) is 7.08. The Labute approximate surface area is 306 Å². The highest BCUT2D eigenvalue weighted by Crippen LogP contribution is 2.44. The average Bonchev–Trinajstić information content (AvgIpc) is 3.92. The lowest BCUT2D eigenvalue weighted by molar-refractivity contribution is -0.137. The van der Waals surface area contributed by atoms with Crippen LogP contribution in [0.3, 0.4) is 0 Å². The summed E-state index contributed by atoms with van der Waals surface area (Å²) in [6, 6.07) is 14.9. The number of rotatable bonds is 12. The number of hydrogen-bond acceptors (Lipinski definition) is 6. The first-order valence-corrected chi connectivity index (χ1v) is 19.1. The fraction of sp³-hybridized carbons (Fsp3) is 0.476. The highest BCUT2D eigenvalue weighted by Gasteiger charge is 2.41. The maximum atomic E-state index is 13.4. The molecule has 0 aliphatic carbocycles. The van der Waals surface area contributed by atoms with E-state index in [1.807, 2.05) is 36.8 Å². The summed E-state index contributed by atoms with van der Waals surface area (Å²) in [5.74, 6) is 2.77. The van der Waals surface area contributed by atoms with Crippen LogP contribution in [0.2, 0.25) is 0 Å². The zero-order chi connectivity index (χ0) is 36.7. The summed E-state index contributed by atoms with van der Waals surface area (Å²) >= 11 is 0. The largest absolute Gasteiger partial charge is 0.488 e. The molecule has 5 atom stereocenters. The van der Waals surface area contributed by atoms with Crippen molar-refractivity contribution in [2.24, 2.45) is 0 Å². The molecule has 0 bridgehead atoms. The Morgan fingerprint density at radius 1 is 1.00 bits per heavy atom. The number of carbonyl (C=O) groups excluding carboxylic acids is 2. The van der Waals surface area contributed by atoms with E-state index in [-0.39, 0.29) is 42.1 Å². The third-order valence-electron chi connectivity index (χ3n) is 11.3. The number of hydrogen-bond donors (Lipinski definition) is 2. The van der Waals surface area contributed by atoms with E-state index in [0.717, 1.165) is 99.3 Å². The third kappa shape index (κ3) is 6.35. The Hall–Kier alpha value is -4.70. The molecule has 4 heterocycles. The van der Waals surface area contributed by atoms with Gasteiger partial charge in [-0.25, -0.2) is 9.97 Å². The van der Waals surface area contributed by atoms with Gasteiger partial charge in [0.15, 0.2) is 0 Å². The molecule has 7 rings (SSSR count). The molecule has 5 aromatic rings. The van der Waals surface area contributed by atoms with Gasteiger partial charge in [0.05, 0.1) is 47.2 Å². The van der Waals surface area contributed by atoms with E-state index in [2.05, 4.69) is 73.2 Å². The minimum absolute atomic E-state index is 0.0279. The lowest BCUT2D eigenvalue weighted by Gasteiger charge is -2.33. The molecule has 0 radical (unpaired) electrons. The number of nitrogens with zero attached hydrogens (tertiary/aromatic N) is 4. The maximum absolute atomic E-state index is 13.4. The fourth-order valence-corrected chi connectivity index (χ4v) is 8.27. The van der Waals surface area contributed by atoms with Crippen molar-refractivity contribution >= 4 is 33.6 Å². The van der Waals surface area contributed by atoms with Gasteiger partial charge in [-0.2, -0.15) is 0 Å². The molecule has 3 aromatic carbocycles. The Morgan fingerprint density at radius 2 is 1.81 bits per heavy atom. The van der Waals surface area contributed by atoms with E-state index < -0.39 is 0 Å². The number of carbonyl (C=O) groups is 2. The molecular weight excluding hydrogens is 653 g/mol. The highest BCUT2D eigenvalue weighted by atomic mass is 16.5. The molecule has 10 heteroatoms. The van der Waals surface area contributed by atoms with Crippen LogP contribution >= 0.6 is 0 Å². The Kier molecular flexibility index (Phi) is 10.1. The number of H-pyrrole nitrogens is 2. The number of imidazole rings is 2. The summed E-state index contributed by atoms with van der Waals surface area (Å²) in [4.78, 5) is 47.4. The molecule has 2 aromatic heterocycles. The summed E-state index contributed by atoms with van der Waals surface area (Å²) in [6.07, 6.45) is 7.11. The molecule has 2 amide bonds. The van der Waals surface area contributed by atoms with Crippen molar-refractivity contribution in [2.75, 3.05) is 7.11 Å². The first-order chi connectivity index (χ1) is 25.2. The number of fused-ring (bicyclic) bond motifs is 6. The third-order valence-corrected chi connectivity index (χ3v) is 11.3. The predicted octanol–water partition coefficient (Wildman–Crippen LogP) is 9.02. The van der Waals surface area contributed by atoms with Gasteiger partial charge in [-0.05, 0) is 99.2 Å². The smallest absolute Gasteiger partial charge is 0.223 e. The van der Waals surface area contributed by atoms with Crippen molar-refractivity contribution in [3.8, 4) is 28.1 Å². The standard InChI is InChI=1S/C42H52N6O4/c1-8-11-38(49)47(24(4)10-3)25(5)41-43-22-34(45-41)28-13-15-30-29(19-28)23-52-37-21-31-27(20-32(30)37)14-16-33-40(31)46-42(44-33)36-18-17-35(26(6)51-7)48(36)39(50)12-9-2/h13-16,19-22,24-26,35-36H,8-12,17-18,23H2,1-7H3,(H,43,45)(H,44,46)/t24-,25-,26?,35+,36-/m0/s1. The van der Waals surface area contributed by atoms with Crippen LogP contribution in [-0.4, -0.2) is 66.8 Å². The fourth-order valence-electron chi connectivity index (χ4n) is 8.27. The van der Waals surface area contributed by atoms with Gasteiger partial charge in [0.1, 0.15) is 24.0 Å². The molecule has 1 fully saturated rings. The lowest BCUT2D eigenvalue weighted by Crippen LogP contribution is -2.43. The molecule has 0 spiro atoms. The monoisotopic (exact) mass is 704 g/mol. The van der Waals surface area contributed by atoms with E-state index >= 15 is 0 Å². The zero-order valence-electron chi connectivity index (χ0n) is 31.6. The molecular formula is C42H52N6O4. The first kappa shape index (κ1) is 35.7. The van der Waals surface area contributed by atoms with Crippen LogP contribution in [0.5, 0.6) is 5.75 Å². The number of amides is 2. The number of aromatic nitrogens is 4. The van der Waals surface area contributed by atoms with E-state index in [1.165, 1.54) is 0 Å². The number of benzene rings is 3. The van der Waals surface area contributed by atoms with Crippen LogP contribution in [0.25, 0.3) is 44.2 Å². The minimum atomic E-state index is -0.155. The molecule has 274 valence electrons. The topological polar surface area (TPSA) is 116 Å². The predicted molar refractivity (Wildman–Crippen MR) is 205 cm³/mol. The summed E-state index contributed by atoms with van der Waals surface area (Å²) < 4.78 is 12.1. The second-order valence-corrected chi connectivity index (χ2v) is 14.6. The summed E-state index contributed by atoms with van der Waals surface area (Å²) in [5, 5.41) is 2.10. The van der Waals surface area contributed by atoms with Gasteiger partial charge in [0.25, 0.3) is 0 Å². The minimum Gasteiger partial charge on any atom is -0.488 e. The van der Waals surface area contributed by atoms with Crippen molar-refractivity contribution in [3.63, 3.8) is 0 Å². The van der Waals surface area contributed by atoms with E-state index in [1.54, 1.807) is 7.11 Å². The Morgan fingerprint density at radius 3 is 2.56 bits per heavy atom. The summed E-state index contributed by atoms with van der Waals surface area (Å²) in [6.45, 7) is 12.9. The molecule has 1 saturated heterocycles. The highest BCUT2D eigenvalue weighted by molar-refractivity contribution is 6.07. The van der Waals surface area contributed by atoms with E-state index in [4.69, 9.17) is 19.4 Å². The van der Waals surface area contributed by atoms with Crippen LogP contribution < -0.4 is 4.74 Å². The Bertz CT molecular complexity index is 2100. The molecule has 10 nitrogen and oxygen atoms in total. The maximum Gasteiger partial charge on any atom is 0.223 e. The van der Waals surface area contributed by atoms with Crippen molar-refractivity contribution in [3.05, 3.63) is 65.9 Å². The van der Waals surface area contributed by atoms with Crippen LogP contribution in [0.1, 0.15) is 116 Å². The van der Waals surface area contributed by atoms with Crippen LogP contribution in [-0.2, 0) is 20.9 Å². The van der Waals surface area contributed by atoms with Gasteiger partial charge in [0.2, 0.25) is 11.8 Å². The molecule has 2 aliphatic rings. The average molecular weight is 705 g/mol. The molecule has 0 saturated carbocycles. The number of aromatic amines is 2. The van der Waals surface area contributed by atoms with Gasteiger partial charge in [0, 0.05) is 36.9 Å². The van der Waals surface area contributed by atoms with Gasteiger partial charge >= 0.3 is 0 Å². The van der Waals surface area contributed by atoms with Gasteiger partial charge in [-0.3, -0.25) is 9.59 Å². The van der Waals surface area contributed by atoms with Crippen molar-refractivity contribution in [2.45, 2.75) is 123 Å². The lowest BCUT2D eigenvalue weighted by atomic mass is 9.92. The molecule has 52 heavy (non-hydrogen) atoms. The van der Waals surface area contributed by atoms with Gasteiger partial charge < -0.3 is 29.2 Å². The zero-order valence-corrected chi connectivity index (χ0v) is 31.6. The second kappa shape index (κ2) is 14.7. The second-order valence-electron chi connectivity index (χ2n) is 14.6. The normalized spacial score (nSPS) is 18.6. The van der Waals surface area contributed by atoms with Crippen molar-refractivity contribution in [1.82, 2.24) is 29.7 Å². The Balaban J connectivity index is 1.17. The first-order valence-electron chi connectivity index (χ1n) is 19.1. The molecule has 2 N–H and O–H groups in total.